The summed E-state index contributed by atoms with van der Waals surface area (Å²) >= 11 is 0. The first-order valence-corrected chi connectivity index (χ1v) is 5.18. The van der Waals surface area contributed by atoms with Gasteiger partial charge >= 0.3 is 5.97 Å². The first kappa shape index (κ1) is 11.3. The van der Waals surface area contributed by atoms with Crippen molar-refractivity contribution >= 4 is 5.97 Å². The van der Waals surface area contributed by atoms with Crippen LogP contribution in [0.15, 0.2) is 24.8 Å². The molecule has 0 bridgehead atoms. The molecular formula is C11H12N4O2. The summed E-state index contributed by atoms with van der Waals surface area (Å²) in [5.41, 5.74) is 0.695. The third kappa shape index (κ3) is 2.30. The fraction of sp³-hybridized carbons (Fsp3) is 0.273. The predicted octanol–water partition coefficient (Wildman–Crippen LogP) is 1.48. The minimum Gasteiger partial charge on any atom is -0.475 e. The van der Waals surface area contributed by atoms with Crippen LogP contribution in [0, 0.1) is 0 Å². The zero-order valence-corrected chi connectivity index (χ0v) is 9.53. The second-order valence-electron chi connectivity index (χ2n) is 3.90. The molecule has 0 saturated carbocycles. The van der Waals surface area contributed by atoms with Gasteiger partial charge in [0.05, 0.1) is 0 Å². The largest absolute Gasteiger partial charge is 0.475 e. The highest BCUT2D eigenvalue weighted by Crippen LogP contribution is 2.15. The topological polar surface area (TPSA) is 80.9 Å². The molecule has 0 fully saturated rings. The van der Waals surface area contributed by atoms with Gasteiger partial charge in [-0.05, 0) is 5.92 Å². The van der Waals surface area contributed by atoms with Gasteiger partial charge in [-0.15, -0.1) is 0 Å². The average Bonchev–Trinajstić information content (AvgIpc) is 2.81. The van der Waals surface area contributed by atoms with Crippen molar-refractivity contribution in [2.45, 2.75) is 19.8 Å². The first-order chi connectivity index (χ1) is 8.08. The Morgan fingerprint density at radius 2 is 2.18 bits per heavy atom. The molecule has 2 heterocycles. The molecule has 0 amide bonds. The molecule has 1 N–H and O–H groups in total. The Kier molecular flexibility index (Phi) is 2.86. The van der Waals surface area contributed by atoms with Crippen molar-refractivity contribution < 1.29 is 9.90 Å². The molecule has 2 aromatic heterocycles. The van der Waals surface area contributed by atoms with Gasteiger partial charge in [0.15, 0.2) is 0 Å². The molecule has 0 radical (unpaired) electrons. The lowest BCUT2D eigenvalue weighted by atomic mass is 10.1. The van der Waals surface area contributed by atoms with Gasteiger partial charge in [-0.1, -0.05) is 13.8 Å². The lowest BCUT2D eigenvalue weighted by Crippen LogP contribution is -2.10. The second-order valence-corrected chi connectivity index (χ2v) is 3.90. The smallest absolute Gasteiger partial charge is 0.374 e. The minimum atomic E-state index is -1.13. The Bertz CT molecular complexity index is 534. The molecule has 0 aliphatic carbocycles. The summed E-state index contributed by atoms with van der Waals surface area (Å²) in [6.07, 6.45) is 4.88. The molecule has 88 valence electrons. The maximum absolute atomic E-state index is 10.9. The van der Waals surface area contributed by atoms with Crippen molar-refractivity contribution in [3.8, 4) is 5.82 Å². The standard InChI is InChI=1S/C11H12N4O2/c1-7(2)8-5-9(15-4-3-12-6-15)14-10(13-8)11(16)17/h3-7H,1-2H3,(H,16,17). The SMILES string of the molecule is CC(C)c1cc(-n2ccnc2)nc(C(=O)O)n1. The van der Waals surface area contributed by atoms with Gasteiger partial charge in [0.25, 0.3) is 0 Å². The fourth-order valence-electron chi connectivity index (χ4n) is 1.37. The molecule has 17 heavy (non-hydrogen) atoms. The van der Waals surface area contributed by atoms with Gasteiger partial charge in [0.1, 0.15) is 12.1 Å². The Morgan fingerprint density at radius 1 is 1.41 bits per heavy atom. The summed E-state index contributed by atoms with van der Waals surface area (Å²) in [6.45, 7) is 3.90. The van der Waals surface area contributed by atoms with Crippen LogP contribution < -0.4 is 0 Å². The van der Waals surface area contributed by atoms with E-state index >= 15 is 0 Å². The molecule has 0 aliphatic rings. The van der Waals surface area contributed by atoms with Crippen molar-refractivity contribution in [2.24, 2.45) is 0 Å². The van der Waals surface area contributed by atoms with E-state index < -0.39 is 5.97 Å². The monoisotopic (exact) mass is 232 g/mol. The number of hydrogen-bond acceptors (Lipinski definition) is 4. The van der Waals surface area contributed by atoms with Crippen LogP contribution in [-0.2, 0) is 0 Å². The number of imidazole rings is 1. The summed E-state index contributed by atoms with van der Waals surface area (Å²) < 4.78 is 1.65. The first-order valence-electron chi connectivity index (χ1n) is 5.18. The van der Waals surface area contributed by atoms with Crippen LogP contribution in [-0.4, -0.2) is 30.6 Å². The number of carboxylic acids is 1. The van der Waals surface area contributed by atoms with Crippen molar-refractivity contribution in [1.29, 1.82) is 0 Å². The summed E-state index contributed by atoms with van der Waals surface area (Å²) in [6, 6.07) is 1.76. The highest BCUT2D eigenvalue weighted by molar-refractivity contribution is 5.83. The van der Waals surface area contributed by atoms with Crippen LogP contribution in [0.5, 0.6) is 0 Å². The maximum Gasteiger partial charge on any atom is 0.374 e. The fourth-order valence-corrected chi connectivity index (χ4v) is 1.37. The third-order valence-corrected chi connectivity index (χ3v) is 2.28. The Balaban J connectivity index is 2.56. The molecule has 0 aliphatic heterocycles. The van der Waals surface area contributed by atoms with E-state index in [0.717, 1.165) is 0 Å². The van der Waals surface area contributed by atoms with Crippen LogP contribution in [0.4, 0.5) is 0 Å². The molecule has 0 unspecified atom stereocenters. The maximum atomic E-state index is 10.9. The number of carbonyl (C=O) groups is 1. The number of rotatable bonds is 3. The van der Waals surface area contributed by atoms with Crippen LogP contribution >= 0.6 is 0 Å². The molecular weight excluding hydrogens is 220 g/mol. The molecule has 6 nitrogen and oxygen atoms in total. The highest BCUT2D eigenvalue weighted by Gasteiger charge is 2.13. The number of hydrogen-bond donors (Lipinski definition) is 1. The highest BCUT2D eigenvalue weighted by atomic mass is 16.4. The van der Waals surface area contributed by atoms with Gasteiger partial charge < -0.3 is 5.11 Å². The van der Waals surface area contributed by atoms with E-state index in [1.807, 2.05) is 13.8 Å². The van der Waals surface area contributed by atoms with Gasteiger partial charge in [-0.25, -0.2) is 19.7 Å². The van der Waals surface area contributed by atoms with Crippen molar-refractivity contribution in [3.63, 3.8) is 0 Å². The van der Waals surface area contributed by atoms with Crippen molar-refractivity contribution in [1.82, 2.24) is 19.5 Å². The number of aromatic carboxylic acids is 1. The number of nitrogens with zero attached hydrogens (tertiary/aromatic N) is 4. The van der Waals surface area contributed by atoms with Gasteiger partial charge in [0.2, 0.25) is 5.82 Å². The molecule has 0 aromatic carbocycles. The van der Waals surface area contributed by atoms with E-state index in [-0.39, 0.29) is 11.7 Å². The van der Waals surface area contributed by atoms with Gasteiger partial charge in [-0.3, -0.25) is 4.57 Å². The summed E-state index contributed by atoms with van der Waals surface area (Å²) in [5, 5.41) is 8.96. The molecule has 2 rings (SSSR count). The number of aromatic nitrogens is 4. The van der Waals surface area contributed by atoms with E-state index in [4.69, 9.17) is 5.11 Å². The van der Waals surface area contributed by atoms with E-state index in [1.165, 1.54) is 0 Å². The second kappa shape index (κ2) is 4.32. The molecule has 0 spiro atoms. The van der Waals surface area contributed by atoms with Gasteiger partial charge in [-0.2, -0.15) is 0 Å². The number of carboxylic acid groups (broad SMARTS) is 1. The zero-order chi connectivity index (χ0) is 12.4. The van der Waals surface area contributed by atoms with Crippen molar-refractivity contribution in [2.75, 3.05) is 0 Å². The van der Waals surface area contributed by atoms with E-state index in [2.05, 4.69) is 15.0 Å². The summed E-state index contributed by atoms with van der Waals surface area (Å²) in [7, 11) is 0. The van der Waals surface area contributed by atoms with E-state index in [0.29, 0.717) is 11.5 Å². The lowest BCUT2D eigenvalue weighted by Gasteiger charge is -2.08. The normalized spacial score (nSPS) is 10.8. The lowest BCUT2D eigenvalue weighted by molar-refractivity contribution is 0.0683. The van der Waals surface area contributed by atoms with Crippen LogP contribution in [0.1, 0.15) is 36.1 Å². The van der Waals surface area contributed by atoms with E-state index in [9.17, 15) is 4.79 Å². The van der Waals surface area contributed by atoms with Crippen LogP contribution in [0.3, 0.4) is 0 Å². The molecule has 0 atom stereocenters. The van der Waals surface area contributed by atoms with E-state index in [1.54, 1.807) is 29.4 Å². The summed E-state index contributed by atoms with van der Waals surface area (Å²) in [4.78, 5) is 22.8. The van der Waals surface area contributed by atoms with Crippen molar-refractivity contribution in [3.05, 3.63) is 36.3 Å². The molecule has 6 heteroatoms. The molecule has 2 aromatic rings. The van der Waals surface area contributed by atoms with Crippen LogP contribution in [0.25, 0.3) is 5.82 Å². The Hall–Kier alpha value is -2.24. The Labute approximate surface area is 98.0 Å². The van der Waals surface area contributed by atoms with Gasteiger partial charge in [0, 0.05) is 24.2 Å². The quantitative estimate of drug-likeness (QED) is 0.866. The third-order valence-electron chi connectivity index (χ3n) is 2.28. The Morgan fingerprint density at radius 3 is 2.71 bits per heavy atom. The zero-order valence-electron chi connectivity index (χ0n) is 9.53. The predicted molar refractivity (Wildman–Crippen MR) is 60.2 cm³/mol. The van der Waals surface area contributed by atoms with Crippen LogP contribution in [0.2, 0.25) is 0 Å². The average molecular weight is 232 g/mol. The summed E-state index contributed by atoms with van der Waals surface area (Å²) in [5.74, 6) is -0.675. The molecule has 0 saturated heterocycles. The minimum absolute atomic E-state index is 0.137.